The van der Waals surface area contributed by atoms with E-state index in [-0.39, 0.29) is 5.91 Å². The van der Waals surface area contributed by atoms with E-state index in [1.807, 2.05) is 17.0 Å². The maximum Gasteiger partial charge on any atom is 0.335 e. The quantitative estimate of drug-likeness (QED) is 0.897. The van der Waals surface area contributed by atoms with Gasteiger partial charge in [0.2, 0.25) is 5.91 Å². The Balaban J connectivity index is 1.56. The first-order valence-electron chi connectivity index (χ1n) is 9.97. The van der Waals surface area contributed by atoms with Gasteiger partial charge in [-0.25, -0.2) is 4.79 Å². The lowest BCUT2D eigenvalue weighted by molar-refractivity contribution is -0.133. The molecule has 1 aromatic rings. The third-order valence-electron chi connectivity index (χ3n) is 5.71. The average molecular weight is 358 g/mol. The second-order valence-electron chi connectivity index (χ2n) is 7.65. The van der Waals surface area contributed by atoms with Gasteiger partial charge >= 0.3 is 5.97 Å². The fraction of sp³-hybridized carbons (Fsp3) is 0.619. The van der Waals surface area contributed by atoms with E-state index in [4.69, 9.17) is 5.11 Å². The third-order valence-corrected chi connectivity index (χ3v) is 5.71. The van der Waals surface area contributed by atoms with E-state index >= 15 is 0 Å². The molecule has 0 aliphatic carbocycles. The molecule has 0 aromatic heterocycles. The highest BCUT2D eigenvalue weighted by Crippen LogP contribution is 2.27. The van der Waals surface area contributed by atoms with Crippen LogP contribution in [0, 0.1) is 0 Å². The molecule has 2 fully saturated rings. The number of amides is 1. The zero-order valence-corrected chi connectivity index (χ0v) is 15.5. The summed E-state index contributed by atoms with van der Waals surface area (Å²) in [6.07, 6.45) is 8.36. The predicted molar refractivity (Wildman–Crippen MR) is 101 cm³/mol. The van der Waals surface area contributed by atoms with Crippen molar-refractivity contribution in [3.63, 3.8) is 0 Å². The zero-order chi connectivity index (χ0) is 18.4. The summed E-state index contributed by atoms with van der Waals surface area (Å²) in [6, 6.07) is 7.14. The summed E-state index contributed by atoms with van der Waals surface area (Å²) in [4.78, 5) is 28.1. The summed E-state index contributed by atoms with van der Waals surface area (Å²) in [6.45, 7) is 4.22. The van der Waals surface area contributed by atoms with Gasteiger partial charge in [-0.3, -0.25) is 9.69 Å². The maximum atomic E-state index is 12.8. The summed E-state index contributed by atoms with van der Waals surface area (Å²) >= 11 is 0. The highest BCUT2D eigenvalue weighted by molar-refractivity contribution is 5.87. The standard InChI is InChI=1S/C21H30N2O3/c24-20(16-22-12-4-2-1-3-5-13-22)23-14-6-7-19(15-23)17-8-10-18(11-9-17)21(25)26/h8-11,19H,1-7,12-16H2,(H,25,26). The summed E-state index contributed by atoms with van der Waals surface area (Å²) in [7, 11) is 0. The van der Waals surface area contributed by atoms with E-state index in [9.17, 15) is 9.59 Å². The molecule has 0 radical (unpaired) electrons. The van der Waals surface area contributed by atoms with Crippen molar-refractivity contribution in [3.8, 4) is 0 Å². The van der Waals surface area contributed by atoms with Gasteiger partial charge in [-0.1, -0.05) is 31.4 Å². The van der Waals surface area contributed by atoms with E-state index in [1.54, 1.807) is 12.1 Å². The Labute approximate surface area is 156 Å². The molecule has 1 aromatic carbocycles. The van der Waals surface area contributed by atoms with E-state index < -0.39 is 5.97 Å². The Kier molecular flexibility index (Phi) is 6.67. The molecule has 5 nitrogen and oxygen atoms in total. The van der Waals surface area contributed by atoms with Crippen LogP contribution in [0.3, 0.4) is 0 Å². The van der Waals surface area contributed by atoms with Crippen LogP contribution in [0.1, 0.15) is 66.8 Å². The predicted octanol–water partition coefficient (Wildman–Crippen LogP) is 3.36. The van der Waals surface area contributed by atoms with Crippen molar-refractivity contribution in [2.24, 2.45) is 0 Å². The second kappa shape index (κ2) is 9.17. The normalized spacial score (nSPS) is 22.5. The lowest BCUT2D eigenvalue weighted by Gasteiger charge is -2.35. The molecule has 0 bridgehead atoms. The number of carboxylic acids is 1. The Bertz CT molecular complexity index is 606. The molecule has 1 N–H and O–H groups in total. The van der Waals surface area contributed by atoms with Crippen molar-refractivity contribution in [1.82, 2.24) is 9.80 Å². The summed E-state index contributed by atoms with van der Waals surface area (Å²) in [5.41, 5.74) is 1.45. The summed E-state index contributed by atoms with van der Waals surface area (Å²) in [5.74, 6) is -0.342. The molecule has 142 valence electrons. The summed E-state index contributed by atoms with van der Waals surface area (Å²) in [5, 5.41) is 9.04. The Morgan fingerprint density at radius 2 is 1.58 bits per heavy atom. The molecule has 2 aliphatic rings. The number of hydrogen-bond acceptors (Lipinski definition) is 3. The van der Waals surface area contributed by atoms with E-state index in [0.717, 1.165) is 44.6 Å². The van der Waals surface area contributed by atoms with Crippen LogP contribution in [0.15, 0.2) is 24.3 Å². The van der Waals surface area contributed by atoms with Gasteiger partial charge in [0.1, 0.15) is 0 Å². The molecule has 3 rings (SSSR count). The number of carbonyl (C=O) groups is 2. The Morgan fingerprint density at radius 1 is 0.923 bits per heavy atom. The molecule has 1 amide bonds. The molecule has 5 heteroatoms. The fourth-order valence-corrected chi connectivity index (χ4v) is 4.14. The van der Waals surface area contributed by atoms with Gasteiger partial charge in [0, 0.05) is 19.0 Å². The molecule has 2 aliphatic heterocycles. The van der Waals surface area contributed by atoms with Gasteiger partial charge < -0.3 is 10.0 Å². The van der Waals surface area contributed by atoms with Crippen LogP contribution in [-0.4, -0.2) is 59.5 Å². The first-order chi connectivity index (χ1) is 12.6. The monoisotopic (exact) mass is 358 g/mol. The molecule has 1 unspecified atom stereocenters. The summed E-state index contributed by atoms with van der Waals surface area (Å²) < 4.78 is 0. The van der Waals surface area contributed by atoms with E-state index in [1.165, 1.54) is 32.1 Å². The van der Waals surface area contributed by atoms with Gasteiger partial charge in [-0.2, -0.15) is 0 Å². The largest absolute Gasteiger partial charge is 0.478 e. The van der Waals surface area contributed by atoms with Crippen molar-refractivity contribution in [2.75, 3.05) is 32.7 Å². The average Bonchev–Trinajstić information content (AvgIpc) is 2.64. The number of carboxylic acid groups (broad SMARTS) is 1. The van der Waals surface area contributed by atoms with Crippen molar-refractivity contribution >= 4 is 11.9 Å². The number of nitrogens with zero attached hydrogens (tertiary/aromatic N) is 2. The third kappa shape index (κ3) is 5.07. The smallest absolute Gasteiger partial charge is 0.335 e. The van der Waals surface area contributed by atoms with Crippen LogP contribution in [0.25, 0.3) is 0 Å². The van der Waals surface area contributed by atoms with Crippen molar-refractivity contribution in [1.29, 1.82) is 0 Å². The Hall–Kier alpha value is -1.88. The van der Waals surface area contributed by atoms with Crippen molar-refractivity contribution < 1.29 is 14.7 Å². The minimum atomic E-state index is -0.898. The zero-order valence-electron chi connectivity index (χ0n) is 15.5. The first-order valence-corrected chi connectivity index (χ1v) is 9.97. The van der Waals surface area contributed by atoms with Gasteiger partial charge in [0.25, 0.3) is 0 Å². The number of aromatic carboxylic acids is 1. The van der Waals surface area contributed by atoms with Crippen LogP contribution in [0.4, 0.5) is 0 Å². The minimum Gasteiger partial charge on any atom is -0.478 e. The molecular formula is C21H30N2O3. The highest BCUT2D eigenvalue weighted by Gasteiger charge is 2.26. The topological polar surface area (TPSA) is 60.9 Å². The molecule has 2 saturated heterocycles. The van der Waals surface area contributed by atoms with Gasteiger partial charge in [-0.15, -0.1) is 0 Å². The van der Waals surface area contributed by atoms with Crippen molar-refractivity contribution in [3.05, 3.63) is 35.4 Å². The fourth-order valence-electron chi connectivity index (χ4n) is 4.14. The Morgan fingerprint density at radius 3 is 2.23 bits per heavy atom. The van der Waals surface area contributed by atoms with E-state index in [2.05, 4.69) is 4.90 Å². The maximum absolute atomic E-state index is 12.8. The molecule has 26 heavy (non-hydrogen) atoms. The van der Waals surface area contributed by atoms with Crippen LogP contribution >= 0.6 is 0 Å². The second-order valence-corrected chi connectivity index (χ2v) is 7.65. The number of carbonyl (C=O) groups excluding carboxylic acids is 1. The highest BCUT2D eigenvalue weighted by atomic mass is 16.4. The van der Waals surface area contributed by atoms with Gasteiger partial charge in [-0.05, 0) is 56.5 Å². The number of likely N-dealkylation sites (tertiary alicyclic amines) is 2. The molecule has 2 heterocycles. The molecule has 1 atom stereocenters. The number of hydrogen-bond donors (Lipinski definition) is 1. The lowest BCUT2D eigenvalue weighted by atomic mass is 9.90. The first kappa shape index (κ1) is 18.9. The van der Waals surface area contributed by atoms with Crippen molar-refractivity contribution in [2.45, 2.75) is 50.9 Å². The molecular weight excluding hydrogens is 328 g/mol. The van der Waals surface area contributed by atoms with Gasteiger partial charge in [0.05, 0.1) is 12.1 Å². The SMILES string of the molecule is O=C(O)c1ccc(C2CCCN(C(=O)CN3CCCCCCC3)C2)cc1. The number of benzene rings is 1. The molecule has 0 spiro atoms. The molecule has 0 saturated carbocycles. The van der Waals surface area contributed by atoms with Crippen LogP contribution in [0.5, 0.6) is 0 Å². The van der Waals surface area contributed by atoms with E-state index in [0.29, 0.717) is 18.0 Å². The number of piperidine rings is 1. The number of rotatable bonds is 4. The van der Waals surface area contributed by atoms with Crippen LogP contribution in [-0.2, 0) is 4.79 Å². The van der Waals surface area contributed by atoms with Crippen LogP contribution < -0.4 is 0 Å². The lowest BCUT2D eigenvalue weighted by Crippen LogP contribution is -2.45. The minimum absolute atomic E-state index is 0.248. The van der Waals surface area contributed by atoms with Gasteiger partial charge in [0.15, 0.2) is 0 Å². The van der Waals surface area contributed by atoms with Crippen LogP contribution in [0.2, 0.25) is 0 Å².